The minimum Gasteiger partial charge on any atom is -0.465 e. The van der Waals surface area contributed by atoms with Crippen molar-refractivity contribution in [1.82, 2.24) is 5.32 Å². The number of rotatable bonds is 5. The van der Waals surface area contributed by atoms with E-state index < -0.39 is 0 Å². The predicted octanol–water partition coefficient (Wildman–Crippen LogP) is 4.09. The highest BCUT2D eigenvalue weighted by Gasteiger charge is 2.08. The van der Waals surface area contributed by atoms with E-state index in [9.17, 15) is 4.79 Å². The minimum atomic E-state index is -0.309. The molecule has 1 unspecified atom stereocenters. The topological polar surface area (TPSA) is 38.3 Å². The van der Waals surface area contributed by atoms with E-state index in [-0.39, 0.29) is 12.0 Å². The van der Waals surface area contributed by atoms with Gasteiger partial charge in [0.15, 0.2) is 0 Å². The van der Waals surface area contributed by atoms with Crippen LogP contribution in [0.2, 0.25) is 0 Å². The lowest BCUT2D eigenvalue weighted by molar-refractivity contribution is 0.0600. The van der Waals surface area contributed by atoms with Crippen molar-refractivity contribution in [3.63, 3.8) is 0 Å². The van der Waals surface area contributed by atoms with Crippen LogP contribution >= 0.6 is 15.9 Å². The monoisotopic (exact) mass is 347 g/mol. The summed E-state index contributed by atoms with van der Waals surface area (Å²) in [6, 6.07) is 15.9. The number of ether oxygens (including phenoxy) is 1. The first-order valence-corrected chi connectivity index (χ1v) is 7.56. The summed E-state index contributed by atoms with van der Waals surface area (Å²) in [5.41, 5.74) is 2.92. The van der Waals surface area contributed by atoms with E-state index in [2.05, 4.69) is 39.0 Å². The SMILES string of the molecule is COC(=O)c1ccc(CNC(C)c2ccccc2Br)cc1. The predicted molar refractivity (Wildman–Crippen MR) is 87.2 cm³/mol. The summed E-state index contributed by atoms with van der Waals surface area (Å²) in [6.45, 7) is 2.87. The molecule has 1 atom stereocenters. The second-order valence-electron chi connectivity index (χ2n) is 4.81. The van der Waals surface area contributed by atoms with Gasteiger partial charge < -0.3 is 10.1 Å². The van der Waals surface area contributed by atoms with Crippen molar-refractivity contribution in [3.05, 3.63) is 69.7 Å². The van der Waals surface area contributed by atoms with Crippen molar-refractivity contribution in [3.8, 4) is 0 Å². The number of halogens is 1. The van der Waals surface area contributed by atoms with Gasteiger partial charge in [-0.25, -0.2) is 4.79 Å². The van der Waals surface area contributed by atoms with E-state index in [1.54, 1.807) is 12.1 Å². The first kappa shape index (κ1) is 15.7. The molecule has 0 radical (unpaired) electrons. The molecule has 21 heavy (non-hydrogen) atoms. The van der Waals surface area contributed by atoms with Crippen molar-refractivity contribution >= 4 is 21.9 Å². The summed E-state index contributed by atoms with van der Waals surface area (Å²) in [6.07, 6.45) is 0. The lowest BCUT2D eigenvalue weighted by Crippen LogP contribution is -2.18. The zero-order valence-electron chi connectivity index (χ0n) is 12.1. The van der Waals surface area contributed by atoms with Crippen LogP contribution < -0.4 is 5.32 Å². The number of hydrogen-bond acceptors (Lipinski definition) is 3. The third-order valence-corrected chi connectivity index (χ3v) is 4.08. The molecule has 0 amide bonds. The molecule has 0 aliphatic rings. The molecule has 0 aromatic heterocycles. The minimum absolute atomic E-state index is 0.237. The highest BCUT2D eigenvalue weighted by molar-refractivity contribution is 9.10. The molecule has 0 fully saturated rings. The Hall–Kier alpha value is -1.65. The Morgan fingerprint density at radius 2 is 1.86 bits per heavy atom. The Bertz CT molecular complexity index is 610. The van der Waals surface area contributed by atoms with Gasteiger partial charge in [0, 0.05) is 17.1 Å². The first-order valence-electron chi connectivity index (χ1n) is 6.77. The maximum Gasteiger partial charge on any atom is 0.337 e. The Balaban J connectivity index is 1.97. The van der Waals surface area contributed by atoms with Gasteiger partial charge in [0.1, 0.15) is 0 Å². The second-order valence-corrected chi connectivity index (χ2v) is 5.67. The summed E-state index contributed by atoms with van der Waals surface area (Å²) in [4.78, 5) is 11.4. The first-order chi connectivity index (χ1) is 10.1. The van der Waals surface area contributed by atoms with Crippen LogP contribution in [0, 0.1) is 0 Å². The van der Waals surface area contributed by atoms with Gasteiger partial charge in [-0.05, 0) is 36.2 Å². The standard InChI is InChI=1S/C17H18BrNO2/c1-12(15-5-3-4-6-16(15)18)19-11-13-7-9-14(10-8-13)17(20)21-2/h3-10,12,19H,11H2,1-2H3. The molecule has 0 aliphatic carbocycles. The molecule has 2 aromatic rings. The quantitative estimate of drug-likeness (QED) is 0.828. The van der Waals surface area contributed by atoms with Gasteiger partial charge in [-0.15, -0.1) is 0 Å². The highest BCUT2D eigenvalue weighted by Crippen LogP contribution is 2.23. The second kappa shape index (κ2) is 7.38. The lowest BCUT2D eigenvalue weighted by Gasteiger charge is -2.16. The van der Waals surface area contributed by atoms with Crippen LogP contribution in [0.3, 0.4) is 0 Å². The van der Waals surface area contributed by atoms with Crippen LogP contribution in [0.1, 0.15) is 34.5 Å². The maximum atomic E-state index is 11.4. The molecule has 3 nitrogen and oxygen atoms in total. The molecule has 0 spiro atoms. The van der Waals surface area contributed by atoms with Crippen molar-refractivity contribution < 1.29 is 9.53 Å². The molecule has 2 aromatic carbocycles. The van der Waals surface area contributed by atoms with Gasteiger partial charge in [0.2, 0.25) is 0 Å². The fourth-order valence-corrected chi connectivity index (χ4v) is 2.71. The molecule has 110 valence electrons. The van der Waals surface area contributed by atoms with Crippen LogP contribution in [0.25, 0.3) is 0 Å². The summed E-state index contributed by atoms with van der Waals surface area (Å²) in [5.74, 6) is -0.309. The fourth-order valence-electron chi connectivity index (χ4n) is 2.08. The third kappa shape index (κ3) is 4.16. The van der Waals surface area contributed by atoms with Crippen molar-refractivity contribution in [2.24, 2.45) is 0 Å². The van der Waals surface area contributed by atoms with Gasteiger partial charge in [-0.2, -0.15) is 0 Å². The van der Waals surface area contributed by atoms with E-state index in [1.807, 2.05) is 30.3 Å². The number of carbonyl (C=O) groups excluding carboxylic acids is 1. The maximum absolute atomic E-state index is 11.4. The average Bonchev–Trinajstić information content (AvgIpc) is 2.52. The normalized spacial score (nSPS) is 12.0. The van der Waals surface area contributed by atoms with Crippen LogP contribution in [-0.2, 0) is 11.3 Å². The number of hydrogen-bond donors (Lipinski definition) is 1. The van der Waals surface area contributed by atoms with E-state index >= 15 is 0 Å². The Morgan fingerprint density at radius 3 is 2.48 bits per heavy atom. The summed E-state index contributed by atoms with van der Waals surface area (Å²) in [5, 5.41) is 3.47. The molecular formula is C17H18BrNO2. The van der Waals surface area contributed by atoms with Crippen molar-refractivity contribution in [2.45, 2.75) is 19.5 Å². The molecule has 4 heteroatoms. The highest BCUT2D eigenvalue weighted by atomic mass is 79.9. The van der Waals surface area contributed by atoms with Crippen LogP contribution in [0.5, 0.6) is 0 Å². The fraction of sp³-hybridized carbons (Fsp3) is 0.235. The van der Waals surface area contributed by atoms with E-state index in [1.165, 1.54) is 12.7 Å². The molecule has 2 rings (SSSR count). The zero-order valence-corrected chi connectivity index (χ0v) is 13.7. The summed E-state index contributed by atoms with van der Waals surface area (Å²) in [7, 11) is 1.39. The van der Waals surface area contributed by atoms with Gasteiger partial charge in [-0.3, -0.25) is 0 Å². The molecule has 0 bridgehead atoms. The number of nitrogens with one attached hydrogen (secondary N) is 1. The van der Waals surface area contributed by atoms with Gasteiger partial charge >= 0.3 is 5.97 Å². The smallest absolute Gasteiger partial charge is 0.337 e. The van der Waals surface area contributed by atoms with Crippen molar-refractivity contribution in [2.75, 3.05) is 7.11 Å². The Labute approximate surface area is 133 Å². The lowest BCUT2D eigenvalue weighted by atomic mass is 10.1. The van der Waals surface area contributed by atoms with Gasteiger partial charge in [-0.1, -0.05) is 46.3 Å². The molecule has 1 N–H and O–H groups in total. The number of benzene rings is 2. The van der Waals surface area contributed by atoms with Crippen molar-refractivity contribution in [1.29, 1.82) is 0 Å². The Kier molecular flexibility index (Phi) is 5.53. The molecule has 0 saturated heterocycles. The van der Waals surface area contributed by atoms with E-state index in [0.717, 1.165) is 16.6 Å². The van der Waals surface area contributed by atoms with E-state index in [0.29, 0.717) is 5.56 Å². The molecule has 0 aliphatic heterocycles. The Morgan fingerprint density at radius 1 is 1.19 bits per heavy atom. The molecular weight excluding hydrogens is 330 g/mol. The van der Waals surface area contributed by atoms with Crippen LogP contribution in [0.4, 0.5) is 0 Å². The van der Waals surface area contributed by atoms with Gasteiger partial charge in [0.05, 0.1) is 12.7 Å². The number of methoxy groups -OCH3 is 1. The average molecular weight is 348 g/mol. The van der Waals surface area contributed by atoms with E-state index in [4.69, 9.17) is 0 Å². The number of carbonyl (C=O) groups is 1. The summed E-state index contributed by atoms with van der Waals surface area (Å²) < 4.78 is 5.79. The van der Waals surface area contributed by atoms with Gasteiger partial charge in [0.25, 0.3) is 0 Å². The third-order valence-electron chi connectivity index (χ3n) is 3.36. The summed E-state index contributed by atoms with van der Waals surface area (Å²) >= 11 is 3.57. The largest absolute Gasteiger partial charge is 0.465 e. The zero-order chi connectivity index (χ0) is 15.2. The molecule has 0 saturated carbocycles. The van der Waals surface area contributed by atoms with Crippen LogP contribution in [0.15, 0.2) is 53.0 Å². The van der Waals surface area contributed by atoms with Crippen LogP contribution in [-0.4, -0.2) is 13.1 Å². The molecule has 0 heterocycles. The number of esters is 1.